The lowest BCUT2D eigenvalue weighted by Gasteiger charge is -2.50. The number of carboxylic acid groups (broad SMARTS) is 1. The highest BCUT2D eigenvalue weighted by Gasteiger charge is 2.60. The summed E-state index contributed by atoms with van der Waals surface area (Å²) in [6.45, 7) is 2.20. The predicted octanol–water partition coefficient (Wildman–Crippen LogP) is 5.90. The Morgan fingerprint density at radius 1 is 0.573 bits per heavy atom. The highest BCUT2D eigenvalue weighted by molar-refractivity contribution is 5.77. The number of unbranched alkanes of at least 4 members (excludes halogenated alkanes) is 30. The summed E-state index contributed by atoms with van der Waals surface area (Å²) in [4.78, 5) is 38.5. The maximum Gasteiger partial charge on any atom is 0.364 e. The molecule has 0 saturated carbocycles. The van der Waals surface area contributed by atoms with Crippen LogP contribution in [0.15, 0.2) is 12.2 Å². The van der Waals surface area contributed by atoms with E-state index in [1.54, 1.807) is 0 Å². The zero-order chi connectivity index (χ0) is 65.4. The van der Waals surface area contributed by atoms with Gasteiger partial charge in [-0.3, -0.25) is 9.59 Å². The van der Waals surface area contributed by atoms with Crippen LogP contribution in [0.5, 0.6) is 0 Å². The van der Waals surface area contributed by atoms with Crippen LogP contribution in [-0.2, 0) is 42.8 Å². The van der Waals surface area contributed by atoms with E-state index in [2.05, 4.69) is 36.6 Å². The molecule has 0 bridgehead atoms. The van der Waals surface area contributed by atoms with E-state index in [4.69, 9.17) is 28.4 Å². The van der Waals surface area contributed by atoms with Gasteiger partial charge in [-0.2, -0.15) is 0 Å². The van der Waals surface area contributed by atoms with Gasteiger partial charge in [0.2, 0.25) is 11.8 Å². The maximum atomic E-state index is 13.5. The highest BCUT2D eigenvalue weighted by Crippen LogP contribution is 2.39. The van der Waals surface area contributed by atoms with Crippen molar-refractivity contribution in [2.45, 2.75) is 362 Å². The van der Waals surface area contributed by atoms with Gasteiger partial charge in [0.15, 0.2) is 12.6 Å². The monoisotopic (exact) mass is 1280 g/mol. The topological polar surface area (TPSA) is 373 Å². The van der Waals surface area contributed by atoms with Gasteiger partial charge in [0, 0.05) is 19.8 Å². The molecule has 23 nitrogen and oxygen atoms in total. The van der Waals surface area contributed by atoms with Crippen LogP contribution in [0.1, 0.15) is 252 Å². The van der Waals surface area contributed by atoms with Crippen molar-refractivity contribution in [1.82, 2.24) is 10.6 Å². The van der Waals surface area contributed by atoms with Gasteiger partial charge in [0.1, 0.15) is 67.1 Å². The van der Waals surface area contributed by atoms with Gasteiger partial charge in [-0.25, -0.2) is 4.79 Å². The van der Waals surface area contributed by atoms with Gasteiger partial charge >= 0.3 is 5.97 Å². The summed E-state index contributed by atoms with van der Waals surface area (Å²) in [5.74, 6) is -6.11. The molecule has 3 aliphatic heterocycles. The van der Waals surface area contributed by atoms with Crippen LogP contribution in [0.25, 0.3) is 0 Å². The number of carboxylic acids is 1. The molecule has 3 aliphatic rings. The predicted molar refractivity (Wildman–Crippen MR) is 334 cm³/mol. The fourth-order valence-corrected chi connectivity index (χ4v) is 12.2. The van der Waals surface area contributed by atoms with Crippen molar-refractivity contribution in [2.24, 2.45) is 0 Å². The van der Waals surface area contributed by atoms with Crippen molar-refractivity contribution in [3.63, 3.8) is 0 Å². The standard InChI is InChI=1S/C66H122N2O21/c1-4-6-8-10-12-14-16-18-20-22-24-26-28-30-32-34-36-38-40-53(76)68-47(48(73)39-37-35-33-31-29-27-25-23-21-19-17-15-13-11-9-7-5-2)45-84-63-58(80)57(79)60(52(44-71)86-63)87-64-59(81)62(56(78)51(43-70)85-64)89-66(65(82)83)41-49(74)54(67-46(3)72)61(88-66)55(77)50(75)42-69/h24,26,47-52,54-64,69-71,73-75,77-81H,4-23,25,27-45H2,1-3H3,(H,67,72)(H,68,76)(H,82,83)/b26-24-. The molecule has 18 unspecified atom stereocenters. The maximum absolute atomic E-state index is 13.5. The SMILES string of the molecule is CCCCCCCCCCC/C=C\CCCCCCCC(=O)NC(COC1OC(CO)C(OC2OC(CO)C(O)C(OC3(C(=O)O)CC(O)C(NC(C)=O)C(C(O)C(O)CO)O3)C2O)C(O)C1O)C(O)CCCCCCCCCCCCCCCCCCC. The van der Waals surface area contributed by atoms with Gasteiger partial charge in [0.25, 0.3) is 5.79 Å². The zero-order valence-corrected chi connectivity index (χ0v) is 54.3. The number of carbonyl (C=O) groups excluding carboxylic acids is 2. The molecular weight excluding hydrogens is 1160 g/mol. The number of hydrogen-bond acceptors (Lipinski definition) is 20. The van der Waals surface area contributed by atoms with Crippen LogP contribution in [-0.4, -0.2) is 215 Å². The number of carbonyl (C=O) groups is 3. The molecule has 2 amide bonds. The van der Waals surface area contributed by atoms with E-state index >= 15 is 0 Å². The molecule has 3 rings (SSSR count). The molecule has 0 radical (unpaired) electrons. The lowest BCUT2D eigenvalue weighted by atomic mass is 9.88. The van der Waals surface area contributed by atoms with Gasteiger partial charge in [0.05, 0.1) is 50.7 Å². The van der Waals surface area contributed by atoms with Gasteiger partial charge < -0.3 is 100 Å². The van der Waals surface area contributed by atoms with E-state index in [1.807, 2.05) is 0 Å². The van der Waals surface area contributed by atoms with Crippen LogP contribution in [0.3, 0.4) is 0 Å². The Morgan fingerprint density at radius 2 is 1.04 bits per heavy atom. The second-order valence-corrected chi connectivity index (χ2v) is 25.4. The summed E-state index contributed by atoms with van der Waals surface area (Å²) in [6.07, 6.45) is 15.0. The van der Waals surface area contributed by atoms with Crippen molar-refractivity contribution in [3.05, 3.63) is 12.2 Å². The van der Waals surface area contributed by atoms with Crippen LogP contribution in [0.4, 0.5) is 0 Å². The van der Waals surface area contributed by atoms with Crippen LogP contribution in [0.2, 0.25) is 0 Å². The van der Waals surface area contributed by atoms with Gasteiger partial charge in [-0.1, -0.05) is 206 Å². The minimum atomic E-state index is -3.08. The number of hydrogen-bond donors (Lipinski definition) is 14. The third-order valence-electron chi connectivity index (χ3n) is 17.7. The summed E-state index contributed by atoms with van der Waals surface area (Å²) in [5.41, 5.74) is 0. The number of allylic oxidation sites excluding steroid dienone is 2. The summed E-state index contributed by atoms with van der Waals surface area (Å²) in [7, 11) is 0. The molecule has 23 heteroatoms. The van der Waals surface area contributed by atoms with E-state index < -0.39 is 148 Å². The molecule has 0 aromatic carbocycles. The molecule has 18 atom stereocenters. The summed E-state index contributed by atoms with van der Waals surface area (Å²) in [5, 5.41) is 136. The Labute approximate surface area is 531 Å². The van der Waals surface area contributed by atoms with E-state index in [0.29, 0.717) is 19.3 Å². The third-order valence-corrected chi connectivity index (χ3v) is 17.7. The highest BCUT2D eigenvalue weighted by atomic mass is 16.8. The molecule has 89 heavy (non-hydrogen) atoms. The molecule has 522 valence electrons. The number of aliphatic hydroxyl groups is 11. The molecule has 14 N–H and O–H groups in total. The van der Waals surface area contributed by atoms with Crippen molar-refractivity contribution >= 4 is 17.8 Å². The summed E-state index contributed by atoms with van der Waals surface area (Å²) >= 11 is 0. The number of ether oxygens (including phenoxy) is 6. The number of aliphatic hydroxyl groups excluding tert-OH is 11. The second-order valence-electron chi connectivity index (χ2n) is 25.4. The zero-order valence-electron chi connectivity index (χ0n) is 54.3. The van der Waals surface area contributed by atoms with Crippen LogP contribution >= 0.6 is 0 Å². The minimum Gasteiger partial charge on any atom is -0.477 e. The average molecular weight is 1280 g/mol. The summed E-state index contributed by atoms with van der Waals surface area (Å²) in [6, 6.07) is -2.53. The Balaban J connectivity index is 1.61. The Bertz CT molecular complexity index is 1860. The second kappa shape index (κ2) is 47.4. The van der Waals surface area contributed by atoms with E-state index in [1.165, 1.54) is 135 Å². The molecule has 0 spiro atoms. The first-order valence-corrected chi connectivity index (χ1v) is 34.5. The first-order valence-electron chi connectivity index (χ1n) is 34.5. The first-order chi connectivity index (χ1) is 42.9. The Morgan fingerprint density at radius 3 is 1.52 bits per heavy atom. The number of rotatable bonds is 52. The fourth-order valence-electron chi connectivity index (χ4n) is 12.2. The number of nitrogens with one attached hydrogen (secondary N) is 2. The molecular formula is C66H122N2O21. The minimum absolute atomic E-state index is 0.215. The third kappa shape index (κ3) is 30.2. The molecule has 3 fully saturated rings. The van der Waals surface area contributed by atoms with E-state index in [0.717, 1.165) is 71.1 Å². The van der Waals surface area contributed by atoms with Gasteiger partial charge in [-0.05, 0) is 38.5 Å². The largest absolute Gasteiger partial charge is 0.477 e. The van der Waals surface area contributed by atoms with Crippen molar-refractivity contribution in [2.75, 3.05) is 26.4 Å². The molecule has 3 saturated heterocycles. The fraction of sp³-hybridized carbons (Fsp3) is 0.924. The number of amides is 2. The molecule has 0 aromatic rings. The lowest BCUT2D eigenvalue weighted by Crippen LogP contribution is -2.70. The Hall–Kier alpha value is -2.53. The van der Waals surface area contributed by atoms with Gasteiger partial charge in [-0.15, -0.1) is 0 Å². The molecule has 0 aromatic heterocycles. The van der Waals surface area contributed by atoms with Crippen molar-refractivity contribution in [1.29, 1.82) is 0 Å². The first kappa shape index (κ1) is 80.7. The number of aliphatic carboxylic acids is 1. The van der Waals surface area contributed by atoms with Crippen LogP contribution in [0, 0.1) is 0 Å². The Kier molecular flexibility index (Phi) is 43.0. The van der Waals surface area contributed by atoms with E-state index in [-0.39, 0.29) is 18.9 Å². The smallest absolute Gasteiger partial charge is 0.364 e. The quantitative estimate of drug-likeness (QED) is 0.0249. The summed E-state index contributed by atoms with van der Waals surface area (Å²) < 4.78 is 34.8. The lowest BCUT2D eigenvalue weighted by molar-refractivity contribution is -0.386. The average Bonchev–Trinajstić information content (AvgIpc) is 0.872. The molecule has 3 heterocycles. The van der Waals surface area contributed by atoms with Crippen molar-refractivity contribution < 1.29 is 104 Å². The normalized spacial score (nSPS) is 28.8. The van der Waals surface area contributed by atoms with Crippen molar-refractivity contribution in [3.8, 4) is 0 Å². The molecule has 0 aliphatic carbocycles. The van der Waals surface area contributed by atoms with Crippen LogP contribution < -0.4 is 10.6 Å². The van der Waals surface area contributed by atoms with E-state index in [9.17, 15) is 75.7 Å².